The average Bonchev–Trinajstić information content (AvgIpc) is 3.08. The largest absolute Gasteiger partial charge is 0.484 e. The van der Waals surface area contributed by atoms with Gasteiger partial charge < -0.3 is 15.0 Å². The van der Waals surface area contributed by atoms with Gasteiger partial charge >= 0.3 is 0 Å². The van der Waals surface area contributed by atoms with Gasteiger partial charge in [0.1, 0.15) is 5.75 Å². The van der Waals surface area contributed by atoms with Gasteiger partial charge in [-0.25, -0.2) is 0 Å². The van der Waals surface area contributed by atoms with Crippen molar-refractivity contribution in [1.82, 2.24) is 20.0 Å². The third kappa shape index (κ3) is 3.69. The van der Waals surface area contributed by atoms with Crippen molar-refractivity contribution in [3.05, 3.63) is 36.7 Å². The summed E-state index contributed by atoms with van der Waals surface area (Å²) in [5.41, 5.74) is 1.98. The highest BCUT2D eigenvalue weighted by atomic mass is 16.5. The Bertz CT molecular complexity index is 749. The van der Waals surface area contributed by atoms with Gasteiger partial charge in [-0.3, -0.25) is 9.48 Å². The van der Waals surface area contributed by atoms with Crippen molar-refractivity contribution in [2.24, 2.45) is 13.0 Å². The minimum atomic E-state index is -0.0504. The molecule has 1 N–H and O–H groups in total. The molecule has 0 saturated carbocycles. The van der Waals surface area contributed by atoms with Crippen molar-refractivity contribution in [3.8, 4) is 16.9 Å². The molecule has 2 bridgehead atoms. The Kier molecular flexibility index (Phi) is 4.44. The first-order valence-electron chi connectivity index (χ1n) is 8.82. The van der Waals surface area contributed by atoms with Crippen LogP contribution in [0.4, 0.5) is 0 Å². The molecule has 2 aromatic rings. The zero-order valence-corrected chi connectivity index (χ0v) is 14.4. The first-order valence-corrected chi connectivity index (χ1v) is 8.82. The number of fused-ring (bicyclic) bond motifs is 3. The van der Waals surface area contributed by atoms with E-state index in [-0.39, 0.29) is 18.6 Å². The Morgan fingerprint density at radius 1 is 1.36 bits per heavy atom. The highest BCUT2D eigenvalue weighted by Crippen LogP contribution is 2.27. The molecule has 1 aromatic carbocycles. The lowest BCUT2D eigenvalue weighted by atomic mass is 9.84. The SMILES string of the molecule is Cn1cc(-c2c[c]cc(OCC(=O)N[C@H]3CN4CCC3CC4)c2)cn1. The lowest BCUT2D eigenvalue weighted by Gasteiger charge is -2.44. The molecule has 6 nitrogen and oxygen atoms in total. The number of aryl methyl sites for hydroxylation is 1. The Hall–Kier alpha value is -2.34. The fourth-order valence-electron chi connectivity index (χ4n) is 3.80. The molecule has 25 heavy (non-hydrogen) atoms. The van der Waals surface area contributed by atoms with Gasteiger partial charge in [0.15, 0.2) is 6.61 Å². The van der Waals surface area contributed by atoms with E-state index < -0.39 is 0 Å². The second-order valence-corrected chi connectivity index (χ2v) is 6.96. The number of aromatic nitrogens is 2. The molecular weight excluding hydrogens is 316 g/mol. The van der Waals surface area contributed by atoms with Crippen molar-refractivity contribution in [2.45, 2.75) is 18.9 Å². The lowest BCUT2D eigenvalue weighted by Crippen LogP contribution is -2.57. The number of nitrogens with one attached hydrogen (secondary N) is 1. The predicted molar refractivity (Wildman–Crippen MR) is 94.1 cm³/mol. The first-order chi connectivity index (χ1) is 12.2. The third-order valence-electron chi connectivity index (χ3n) is 5.17. The molecule has 1 radical (unpaired) electrons. The Balaban J connectivity index is 1.33. The van der Waals surface area contributed by atoms with E-state index in [0.29, 0.717) is 11.7 Å². The maximum absolute atomic E-state index is 12.2. The second kappa shape index (κ2) is 6.88. The van der Waals surface area contributed by atoms with Crippen molar-refractivity contribution in [2.75, 3.05) is 26.2 Å². The summed E-state index contributed by atoms with van der Waals surface area (Å²) in [5.74, 6) is 1.21. The van der Waals surface area contributed by atoms with Crippen LogP contribution < -0.4 is 10.1 Å². The minimum absolute atomic E-state index is 0.0353. The van der Waals surface area contributed by atoms with Crippen LogP contribution in [0.3, 0.4) is 0 Å². The number of carbonyl (C=O) groups is 1. The Labute approximate surface area is 147 Å². The van der Waals surface area contributed by atoms with Gasteiger partial charge in [0, 0.05) is 31.4 Å². The van der Waals surface area contributed by atoms with Gasteiger partial charge in [-0.15, -0.1) is 0 Å². The number of benzene rings is 1. The van der Waals surface area contributed by atoms with Crippen molar-refractivity contribution in [3.63, 3.8) is 0 Å². The zero-order chi connectivity index (χ0) is 17.2. The van der Waals surface area contributed by atoms with Gasteiger partial charge in [-0.2, -0.15) is 5.10 Å². The molecule has 5 rings (SSSR count). The van der Waals surface area contributed by atoms with E-state index in [9.17, 15) is 4.79 Å². The molecule has 6 heteroatoms. The van der Waals surface area contributed by atoms with Gasteiger partial charge in [0.25, 0.3) is 5.91 Å². The summed E-state index contributed by atoms with van der Waals surface area (Å²) in [6, 6.07) is 8.88. The zero-order valence-electron chi connectivity index (χ0n) is 14.4. The van der Waals surface area contributed by atoms with E-state index in [1.165, 1.54) is 25.9 Å². The summed E-state index contributed by atoms with van der Waals surface area (Å²) in [7, 11) is 1.88. The van der Waals surface area contributed by atoms with Crippen LogP contribution in [0.25, 0.3) is 11.1 Å². The number of piperidine rings is 3. The quantitative estimate of drug-likeness (QED) is 0.896. The molecule has 3 saturated heterocycles. The smallest absolute Gasteiger partial charge is 0.258 e. The van der Waals surface area contributed by atoms with Gasteiger partial charge in [-0.1, -0.05) is 0 Å². The van der Waals surface area contributed by atoms with Crippen LogP contribution in [0.5, 0.6) is 5.75 Å². The van der Waals surface area contributed by atoms with E-state index in [1.54, 1.807) is 16.9 Å². The number of carbonyl (C=O) groups excluding carboxylic acids is 1. The molecule has 0 aliphatic carbocycles. The predicted octanol–water partition coefficient (Wildman–Crippen LogP) is 1.48. The number of hydrogen-bond donors (Lipinski definition) is 1. The van der Waals surface area contributed by atoms with E-state index in [1.807, 2.05) is 25.4 Å². The molecule has 3 aliphatic rings. The standard InChI is InChI=1S/C19H23N4O2/c1-22-11-16(10-20-22)15-3-2-4-17(9-15)25-13-19(24)21-18-12-23-7-5-14(18)6-8-23/h3-4,9-11,14,18H,5-8,12-13H2,1H3,(H,21,24)/t18-/m0/s1. The third-order valence-corrected chi connectivity index (χ3v) is 5.17. The summed E-state index contributed by atoms with van der Waals surface area (Å²) in [4.78, 5) is 14.7. The number of hydrogen-bond acceptors (Lipinski definition) is 4. The molecule has 1 aromatic heterocycles. The molecule has 0 unspecified atom stereocenters. The van der Waals surface area contributed by atoms with Crippen LogP contribution in [-0.2, 0) is 11.8 Å². The van der Waals surface area contributed by atoms with E-state index >= 15 is 0 Å². The fourth-order valence-corrected chi connectivity index (χ4v) is 3.80. The molecule has 4 heterocycles. The number of rotatable bonds is 5. The maximum Gasteiger partial charge on any atom is 0.258 e. The molecule has 1 atom stereocenters. The second-order valence-electron chi connectivity index (χ2n) is 6.96. The Morgan fingerprint density at radius 3 is 2.88 bits per heavy atom. The molecule has 1 amide bonds. The van der Waals surface area contributed by atoms with Gasteiger partial charge in [-0.05, 0) is 61.7 Å². The maximum atomic E-state index is 12.2. The van der Waals surface area contributed by atoms with E-state index in [0.717, 1.165) is 17.7 Å². The van der Waals surface area contributed by atoms with Crippen LogP contribution in [0.1, 0.15) is 12.8 Å². The van der Waals surface area contributed by atoms with Crippen molar-refractivity contribution >= 4 is 5.91 Å². The molecular formula is C19H23N4O2. The summed E-state index contributed by atoms with van der Waals surface area (Å²) in [6.07, 6.45) is 6.11. The number of ether oxygens (including phenoxy) is 1. The highest BCUT2D eigenvalue weighted by molar-refractivity contribution is 5.78. The summed E-state index contributed by atoms with van der Waals surface area (Å²) >= 11 is 0. The summed E-state index contributed by atoms with van der Waals surface area (Å²) < 4.78 is 7.43. The molecule has 0 spiro atoms. The normalized spacial score (nSPS) is 24.9. The number of nitrogens with zero attached hydrogens (tertiary/aromatic N) is 3. The van der Waals surface area contributed by atoms with E-state index in [4.69, 9.17) is 4.74 Å². The number of amides is 1. The summed E-state index contributed by atoms with van der Waals surface area (Å²) in [6.45, 7) is 3.35. The minimum Gasteiger partial charge on any atom is -0.484 e. The lowest BCUT2D eigenvalue weighted by molar-refractivity contribution is -0.125. The molecule has 131 valence electrons. The van der Waals surface area contributed by atoms with Crippen LogP contribution in [0.2, 0.25) is 0 Å². The van der Waals surface area contributed by atoms with Crippen LogP contribution in [0.15, 0.2) is 30.6 Å². The Morgan fingerprint density at radius 2 is 2.20 bits per heavy atom. The van der Waals surface area contributed by atoms with Crippen molar-refractivity contribution < 1.29 is 9.53 Å². The fraction of sp³-hybridized carbons (Fsp3) is 0.474. The van der Waals surface area contributed by atoms with Crippen LogP contribution in [-0.4, -0.2) is 52.9 Å². The average molecular weight is 339 g/mol. The monoisotopic (exact) mass is 339 g/mol. The van der Waals surface area contributed by atoms with Crippen molar-refractivity contribution in [1.29, 1.82) is 0 Å². The molecule has 3 fully saturated rings. The molecule has 3 aliphatic heterocycles. The van der Waals surface area contributed by atoms with Gasteiger partial charge in [0.2, 0.25) is 0 Å². The first kappa shape index (κ1) is 16.1. The van der Waals surface area contributed by atoms with Crippen LogP contribution in [0, 0.1) is 12.0 Å². The van der Waals surface area contributed by atoms with Crippen LogP contribution >= 0.6 is 0 Å². The summed E-state index contributed by atoms with van der Waals surface area (Å²) in [5, 5.41) is 7.32. The highest BCUT2D eigenvalue weighted by Gasteiger charge is 2.34. The van der Waals surface area contributed by atoms with Gasteiger partial charge in [0.05, 0.1) is 6.20 Å². The topological polar surface area (TPSA) is 59.4 Å². The van der Waals surface area contributed by atoms with E-state index in [2.05, 4.69) is 21.4 Å².